The number of piperidine rings is 1. The van der Waals surface area contributed by atoms with Gasteiger partial charge in [-0.05, 0) is 42.9 Å². The number of carbonyl (C=O) groups is 1. The molecule has 5 nitrogen and oxygen atoms in total. The topological polar surface area (TPSA) is 80.5 Å². The third kappa shape index (κ3) is 3.50. The molecular weight excluding hydrogens is 300 g/mol. The van der Waals surface area contributed by atoms with Gasteiger partial charge in [0.1, 0.15) is 0 Å². The Kier molecular flexibility index (Phi) is 5.24. The average molecular weight is 324 g/mol. The van der Waals surface area contributed by atoms with Crippen molar-refractivity contribution in [2.75, 3.05) is 13.1 Å². The van der Waals surface area contributed by atoms with E-state index in [1.807, 2.05) is 12.1 Å². The molecule has 2 rings (SSSR count). The zero-order valence-corrected chi connectivity index (χ0v) is 14.0. The van der Waals surface area contributed by atoms with Crippen LogP contribution in [-0.2, 0) is 14.8 Å². The van der Waals surface area contributed by atoms with Crippen molar-refractivity contribution in [2.24, 2.45) is 11.7 Å². The second kappa shape index (κ2) is 6.79. The summed E-state index contributed by atoms with van der Waals surface area (Å²) >= 11 is 0. The second-order valence-corrected chi connectivity index (χ2v) is 7.90. The first-order valence-electron chi connectivity index (χ1n) is 7.75. The largest absolute Gasteiger partial charge is 0.369 e. The summed E-state index contributed by atoms with van der Waals surface area (Å²) in [7, 11) is -3.48. The predicted octanol–water partition coefficient (Wildman–Crippen LogP) is 2.09. The van der Waals surface area contributed by atoms with Gasteiger partial charge in [-0.3, -0.25) is 4.79 Å². The van der Waals surface area contributed by atoms with Gasteiger partial charge in [0.05, 0.1) is 4.90 Å². The van der Waals surface area contributed by atoms with Gasteiger partial charge in [0, 0.05) is 19.0 Å². The maximum Gasteiger partial charge on any atom is 0.243 e. The fraction of sp³-hybridized carbons (Fsp3) is 0.562. The number of rotatable bonds is 5. The average Bonchev–Trinajstić information content (AvgIpc) is 2.54. The highest BCUT2D eigenvalue weighted by Gasteiger charge is 2.31. The van der Waals surface area contributed by atoms with E-state index in [1.54, 1.807) is 12.1 Å². The molecule has 0 aromatic heterocycles. The lowest BCUT2D eigenvalue weighted by Gasteiger charge is -2.29. The number of benzene rings is 1. The first-order chi connectivity index (χ1) is 10.4. The summed E-state index contributed by atoms with van der Waals surface area (Å²) in [5, 5.41) is 0. The van der Waals surface area contributed by atoms with Crippen molar-refractivity contribution in [1.29, 1.82) is 0 Å². The molecule has 0 aliphatic carbocycles. The number of carbonyl (C=O) groups excluding carboxylic acids is 1. The molecule has 1 fully saturated rings. The highest BCUT2D eigenvalue weighted by Crippen LogP contribution is 2.25. The van der Waals surface area contributed by atoms with Crippen molar-refractivity contribution in [1.82, 2.24) is 4.31 Å². The lowest BCUT2D eigenvalue weighted by Crippen LogP contribution is -2.41. The number of sulfonamides is 1. The molecule has 122 valence electrons. The van der Waals surface area contributed by atoms with Gasteiger partial charge < -0.3 is 5.73 Å². The number of hydrogen-bond acceptors (Lipinski definition) is 3. The van der Waals surface area contributed by atoms with Gasteiger partial charge in [0.15, 0.2) is 0 Å². The van der Waals surface area contributed by atoms with Crippen LogP contribution in [0, 0.1) is 5.92 Å². The van der Waals surface area contributed by atoms with Gasteiger partial charge in [0.25, 0.3) is 0 Å². The fourth-order valence-corrected chi connectivity index (χ4v) is 4.20. The molecule has 1 saturated heterocycles. The van der Waals surface area contributed by atoms with E-state index < -0.39 is 10.0 Å². The van der Waals surface area contributed by atoms with Crippen molar-refractivity contribution < 1.29 is 13.2 Å². The molecule has 2 N–H and O–H groups in total. The van der Waals surface area contributed by atoms with Crippen molar-refractivity contribution >= 4 is 15.9 Å². The molecule has 1 aromatic carbocycles. The van der Waals surface area contributed by atoms with Crippen LogP contribution in [0.15, 0.2) is 29.2 Å². The summed E-state index contributed by atoms with van der Waals surface area (Å²) in [6, 6.07) is 7.13. The van der Waals surface area contributed by atoms with E-state index in [-0.39, 0.29) is 11.8 Å². The van der Waals surface area contributed by atoms with E-state index in [0.29, 0.717) is 36.7 Å². The summed E-state index contributed by atoms with van der Waals surface area (Å²) in [5.41, 5.74) is 6.43. The van der Waals surface area contributed by atoms with Crippen LogP contribution in [0.3, 0.4) is 0 Å². The molecule has 0 radical (unpaired) electrons. The third-order valence-electron chi connectivity index (χ3n) is 4.56. The normalized spacial score (nSPS) is 19.0. The molecule has 1 aliphatic heterocycles. The van der Waals surface area contributed by atoms with Crippen LogP contribution in [0.1, 0.15) is 44.6 Å². The maximum atomic E-state index is 12.6. The number of nitrogens with zero attached hydrogens (tertiary/aromatic N) is 1. The van der Waals surface area contributed by atoms with Crippen LogP contribution in [0.2, 0.25) is 0 Å². The minimum atomic E-state index is -3.48. The monoisotopic (exact) mass is 324 g/mol. The molecular formula is C16H24N2O3S. The number of hydrogen-bond donors (Lipinski definition) is 1. The van der Waals surface area contributed by atoms with E-state index >= 15 is 0 Å². The molecule has 0 bridgehead atoms. The summed E-state index contributed by atoms with van der Waals surface area (Å²) in [4.78, 5) is 11.5. The first-order valence-corrected chi connectivity index (χ1v) is 9.19. The zero-order chi connectivity index (χ0) is 16.3. The minimum Gasteiger partial charge on any atom is -0.369 e. The molecule has 0 saturated carbocycles. The quantitative estimate of drug-likeness (QED) is 0.900. The standard InChI is InChI=1S/C16H24N2O3S/c1-3-12(2)13-4-6-15(7-5-13)22(20,21)18-10-8-14(9-11-18)16(17)19/h4-7,12,14H,3,8-11H2,1-2H3,(H2,17,19)/t12-/m1/s1. The Bertz CT molecular complexity index is 617. The van der Waals surface area contributed by atoms with E-state index in [4.69, 9.17) is 5.73 Å². The Labute approximate surface area is 132 Å². The lowest BCUT2D eigenvalue weighted by atomic mass is 9.98. The smallest absolute Gasteiger partial charge is 0.243 e. The minimum absolute atomic E-state index is 0.209. The van der Waals surface area contributed by atoms with Gasteiger partial charge in [0.2, 0.25) is 15.9 Å². The van der Waals surface area contributed by atoms with Crippen molar-refractivity contribution in [3.8, 4) is 0 Å². The number of amides is 1. The molecule has 22 heavy (non-hydrogen) atoms. The fourth-order valence-electron chi connectivity index (χ4n) is 2.73. The molecule has 1 heterocycles. The van der Waals surface area contributed by atoms with Crippen LogP contribution < -0.4 is 5.73 Å². The third-order valence-corrected chi connectivity index (χ3v) is 6.47. The van der Waals surface area contributed by atoms with Crippen LogP contribution in [-0.4, -0.2) is 31.7 Å². The van der Waals surface area contributed by atoms with Crippen LogP contribution >= 0.6 is 0 Å². The molecule has 0 unspecified atom stereocenters. The zero-order valence-electron chi connectivity index (χ0n) is 13.2. The van der Waals surface area contributed by atoms with Gasteiger partial charge in [-0.2, -0.15) is 4.31 Å². The number of primary amides is 1. The SMILES string of the molecule is CC[C@@H](C)c1ccc(S(=O)(=O)N2CCC(C(N)=O)CC2)cc1. The molecule has 6 heteroatoms. The molecule has 1 aromatic rings. The van der Waals surface area contributed by atoms with Gasteiger partial charge in [-0.1, -0.05) is 26.0 Å². The van der Waals surface area contributed by atoms with Crippen molar-refractivity contribution in [3.05, 3.63) is 29.8 Å². The Hall–Kier alpha value is -1.40. The summed E-state index contributed by atoms with van der Waals surface area (Å²) in [6.07, 6.45) is 2.02. The van der Waals surface area contributed by atoms with Gasteiger partial charge >= 0.3 is 0 Å². The summed E-state index contributed by atoms with van der Waals surface area (Å²) in [5.74, 6) is -0.128. The Morgan fingerprint density at radius 3 is 2.27 bits per heavy atom. The maximum absolute atomic E-state index is 12.6. The Balaban J connectivity index is 2.12. The Morgan fingerprint density at radius 2 is 1.82 bits per heavy atom. The summed E-state index contributed by atoms with van der Waals surface area (Å²) < 4.78 is 26.7. The van der Waals surface area contributed by atoms with Gasteiger partial charge in [-0.25, -0.2) is 8.42 Å². The van der Waals surface area contributed by atoms with Crippen LogP contribution in [0.5, 0.6) is 0 Å². The van der Waals surface area contributed by atoms with E-state index in [9.17, 15) is 13.2 Å². The first kappa shape index (κ1) is 17.0. The van der Waals surface area contributed by atoms with E-state index in [0.717, 1.165) is 12.0 Å². The van der Waals surface area contributed by atoms with Crippen molar-refractivity contribution in [3.63, 3.8) is 0 Å². The summed E-state index contributed by atoms with van der Waals surface area (Å²) in [6.45, 7) is 4.93. The van der Waals surface area contributed by atoms with Gasteiger partial charge in [-0.15, -0.1) is 0 Å². The lowest BCUT2D eigenvalue weighted by molar-refractivity contribution is -0.122. The number of nitrogens with two attached hydrogens (primary N) is 1. The molecule has 1 atom stereocenters. The van der Waals surface area contributed by atoms with Crippen LogP contribution in [0.25, 0.3) is 0 Å². The second-order valence-electron chi connectivity index (χ2n) is 5.96. The highest BCUT2D eigenvalue weighted by molar-refractivity contribution is 7.89. The molecule has 1 amide bonds. The highest BCUT2D eigenvalue weighted by atomic mass is 32.2. The predicted molar refractivity (Wildman–Crippen MR) is 85.8 cm³/mol. The van der Waals surface area contributed by atoms with E-state index in [1.165, 1.54) is 4.31 Å². The van der Waals surface area contributed by atoms with Crippen molar-refractivity contribution in [2.45, 2.75) is 43.9 Å². The van der Waals surface area contributed by atoms with Crippen LogP contribution in [0.4, 0.5) is 0 Å². The Morgan fingerprint density at radius 1 is 1.27 bits per heavy atom. The molecule has 0 spiro atoms. The molecule has 1 aliphatic rings. The van der Waals surface area contributed by atoms with E-state index in [2.05, 4.69) is 13.8 Å².